The van der Waals surface area contributed by atoms with Crippen molar-refractivity contribution in [2.45, 2.75) is 38.5 Å². The molecule has 1 aromatic carbocycles. The van der Waals surface area contributed by atoms with Gasteiger partial charge in [0.05, 0.1) is 10.8 Å². The molecular weight excluding hydrogens is 400 g/mol. The second-order valence-electron chi connectivity index (χ2n) is 7.47. The van der Waals surface area contributed by atoms with Crippen LogP contribution < -0.4 is 5.32 Å². The highest BCUT2D eigenvalue weighted by Crippen LogP contribution is 2.20. The maximum atomic E-state index is 12.5. The van der Waals surface area contributed by atoms with Gasteiger partial charge in [0, 0.05) is 44.5 Å². The van der Waals surface area contributed by atoms with E-state index in [0.29, 0.717) is 18.0 Å². The minimum Gasteiger partial charge on any atom is -0.342 e. The number of nitrogens with zero attached hydrogens (tertiary/aromatic N) is 1. The van der Waals surface area contributed by atoms with E-state index in [9.17, 15) is 19.2 Å². The van der Waals surface area contributed by atoms with Crippen LogP contribution in [0.15, 0.2) is 47.8 Å². The summed E-state index contributed by atoms with van der Waals surface area (Å²) in [5.74, 6) is -0.550. The Morgan fingerprint density at radius 1 is 0.967 bits per heavy atom. The zero-order chi connectivity index (χ0) is 21.3. The molecule has 1 unspecified atom stereocenters. The molecule has 0 aliphatic carbocycles. The molecule has 1 atom stereocenters. The first-order valence-corrected chi connectivity index (χ1v) is 11.1. The molecule has 0 radical (unpaired) electrons. The number of amides is 2. The van der Waals surface area contributed by atoms with Crippen LogP contribution in [-0.2, 0) is 14.4 Å². The number of anilines is 1. The largest absolute Gasteiger partial charge is 0.342 e. The molecule has 6 nitrogen and oxygen atoms in total. The lowest BCUT2D eigenvalue weighted by Crippen LogP contribution is -2.43. The number of Topliss-reactive ketones (excluding diaryl/α,β-unsaturated/α-hetero) is 2. The number of carbonyl (C=O) groups is 4. The molecule has 7 heteroatoms. The van der Waals surface area contributed by atoms with E-state index in [2.05, 4.69) is 5.32 Å². The van der Waals surface area contributed by atoms with Gasteiger partial charge >= 0.3 is 0 Å². The maximum Gasteiger partial charge on any atom is 0.229 e. The highest BCUT2D eigenvalue weighted by Gasteiger charge is 2.28. The normalized spacial score (nSPS) is 16.1. The Labute approximate surface area is 180 Å². The van der Waals surface area contributed by atoms with E-state index in [4.69, 9.17) is 0 Å². The van der Waals surface area contributed by atoms with Gasteiger partial charge in [-0.1, -0.05) is 24.3 Å². The third-order valence-electron chi connectivity index (χ3n) is 5.23. The Hall–Kier alpha value is -2.80. The number of ketones is 2. The van der Waals surface area contributed by atoms with Crippen molar-refractivity contribution in [2.24, 2.45) is 5.92 Å². The van der Waals surface area contributed by atoms with Crippen molar-refractivity contribution in [1.29, 1.82) is 0 Å². The highest BCUT2D eigenvalue weighted by atomic mass is 32.1. The van der Waals surface area contributed by atoms with Crippen LogP contribution in [0.3, 0.4) is 0 Å². The summed E-state index contributed by atoms with van der Waals surface area (Å²) < 4.78 is 0. The Kier molecular flexibility index (Phi) is 7.90. The molecule has 1 aromatic heterocycles. The van der Waals surface area contributed by atoms with Gasteiger partial charge in [0.25, 0.3) is 0 Å². The first kappa shape index (κ1) is 21.9. The second-order valence-corrected chi connectivity index (χ2v) is 8.42. The van der Waals surface area contributed by atoms with Crippen LogP contribution in [0.25, 0.3) is 0 Å². The molecule has 158 valence electrons. The van der Waals surface area contributed by atoms with Crippen molar-refractivity contribution in [3.63, 3.8) is 0 Å². The third kappa shape index (κ3) is 6.35. The standard InChI is InChI=1S/C23H26N2O4S/c26-19(10-12-20(27)21-9-5-15-30-21)11-13-22(28)25-14-4-6-17(16-25)23(29)24-18-7-2-1-3-8-18/h1-3,5,7-9,15,17H,4,6,10-14,16H2,(H,24,29). The van der Waals surface area contributed by atoms with Crippen molar-refractivity contribution in [3.8, 4) is 0 Å². The number of hydrogen-bond donors (Lipinski definition) is 1. The summed E-state index contributed by atoms with van der Waals surface area (Å²) in [6.45, 7) is 0.988. The molecule has 1 aliphatic heterocycles. The lowest BCUT2D eigenvalue weighted by Gasteiger charge is -2.32. The fourth-order valence-corrected chi connectivity index (χ4v) is 4.22. The first-order valence-electron chi connectivity index (χ1n) is 10.2. The molecule has 1 fully saturated rings. The summed E-state index contributed by atoms with van der Waals surface area (Å²) in [4.78, 5) is 51.5. The summed E-state index contributed by atoms with van der Waals surface area (Å²) in [6.07, 6.45) is 2.10. The molecule has 3 rings (SSSR count). The molecule has 2 heterocycles. The number of rotatable bonds is 9. The Bertz CT molecular complexity index is 880. The van der Waals surface area contributed by atoms with Gasteiger partial charge in [-0.25, -0.2) is 0 Å². The van der Waals surface area contributed by atoms with E-state index in [1.165, 1.54) is 11.3 Å². The molecule has 30 heavy (non-hydrogen) atoms. The molecule has 0 saturated carbocycles. The van der Waals surface area contributed by atoms with Gasteiger partial charge in [-0.3, -0.25) is 19.2 Å². The van der Waals surface area contributed by atoms with E-state index in [0.717, 1.165) is 18.5 Å². The molecule has 0 bridgehead atoms. The van der Waals surface area contributed by atoms with Crippen LogP contribution in [0.1, 0.15) is 48.2 Å². The average molecular weight is 427 g/mol. The number of para-hydroxylation sites is 1. The Morgan fingerprint density at radius 3 is 2.47 bits per heavy atom. The van der Waals surface area contributed by atoms with Crippen molar-refractivity contribution in [1.82, 2.24) is 4.90 Å². The predicted molar refractivity (Wildman–Crippen MR) is 117 cm³/mol. The molecule has 0 spiro atoms. The van der Waals surface area contributed by atoms with Crippen LogP contribution >= 0.6 is 11.3 Å². The van der Waals surface area contributed by atoms with Gasteiger partial charge in [0.1, 0.15) is 5.78 Å². The van der Waals surface area contributed by atoms with Crippen molar-refractivity contribution in [2.75, 3.05) is 18.4 Å². The summed E-state index contributed by atoms with van der Waals surface area (Å²) in [6, 6.07) is 12.8. The average Bonchev–Trinajstić information content (AvgIpc) is 3.31. The molecule has 1 N–H and O–H groups in total. The molecule has 1 saturated heterocycles. The second kappa shape index (κ2) is 10.8. The van der Waals surface area contributed by atoms with E-state index in [1.807, 2.05) is 41.8 Å². The topological polar surface area (TPSA) is 83.6 Å². The number of piperidine rings is 1. The van der Waals surface area contributed by atoms with Gasteiger partial charge in [0.2, 0.25) is 11.8 Å². The minimum atomic E-state index is -0.248. The summed E-state index contributed by atoms with van der Waals surface area (Å²) in [7, 11) is 0. The summed E-state index contributed by atoms with van der Waals surface area (Å²) >= 11 is 1.37. The van der Waals surface area contributed by atoms with Crippen molar-refractivity contribution in [3.05, 3.63) is 52.7 Å². The van der Waals surface area contributed by atoms with Crippen molar-refractivity contribution < 1.29 is 19.2 Å². The first-order chi connectivity index (χ1) is 14.5. The molecule has 2 amide bonds. The SMILES string of the molecule is O=C(CCC(=O)c1cccs1)CCC(=O)N1CCCC(C(=O)Nc2ccccc2)C1. The lowest BCUT2D eigenvalue weighted by atomic mass is 9.96. The molecule has 2 aromatic rings. The van der Waals surface area contributed by atoms with E-state index >= 15 is 0 Å². The van der Waals surface area contributed by atoms with E-state index in [-0.39, 0.29) is 55.0 Å². The Balaban J connectivity index is 1.40. The zero-order valence-electron chi connectivity index (χ0n) is 16.8. The predicted octanol–water partition coefficient (Wildman–Crippen LogP) is 3.94. The number of benzene rings is 1. The van der Waals surface area contributed by atoms with Gasteiger partial charge in [-0.15, -0.1) is 11.3 Å². The number of hydrogen-bond acceptors (Lipinski definition) is 5. The summed E-state index contributed by atoms with van der Waals surface area (Å²) in [5, 5.41) is 4.73. The monoisotopic (exact) mass is 426 g/mol. The highest BCUT2D eigenvalue weighted by molar-refractivity contribution is 7.12. The van der Waals surface area contributed by atoms with Crippen molar-refractivity contribution >= 4 is 40.4 Å². The Morgan fingerprint density at radius 2 is 1.73 bits per heavy atom. The minimum absolute atomic E-state index is 0.0343. The van der Waals surface area contributed by atoms with Gasteiger partial charge < -0.3 is 10.2 Å². The summed E-state index contributed by atoms with van der Waals surface area (Å²) in [5.41, 5.74) is 0.744. The van der Waals surface area contributed by atoms with Gasteiger partial charge in [-0.2, -0.15) is 0 Å². The van der Waals surface area contributed by atoms with E-state index in [1.54, 1.807) is 11.0 Å². The van der Waals surface area contributed by atoms with E-state index < -0.39 is 0 Å². The smallest absolute Gasteiger partial charge is 0.229 e. The third-order valence-corrected chi connectivity index (χ3v) is 6.14. The molecular formula is C23H26N2O4S. The van der Waals surface area contributed by atoms with Gasteiger partial charge in [0.15, 0.2) is 5.78 Å². The van der Waals surface area contributed by atoms with Gasteiger partial charge in [-0.05, 0) is 36.4 Å². The van der Waals surface area contributed by atoms with Crippen LogP contribution in [0.2, 0.25) is 0 Å². The van der Waals surface area contributed by atoms with Crippen LogP contribution in [0, 0.1) is 5.92 Å². The van der Waals surface area contributed by atoms with Crippen LogP contribution in [-0.4, -0.2) is 41.4 Å². The number of nitrogens with one attached hydrogen (secondary N) is 1. The van der Waals surface area contributed by atoms with Crippen LogP contribution in [0.4, 0.5) is 5.69 Å². The lowest BCUT2D eigenvalue weighted by molar-refractivity contribution is -0.136. The fraction of sp³-hybridized carbons (Fsp3) is 0.391. The maximum absolute atomic E-state index is 12.5. The molecule has 1 aliphatic rings. The quantitative estimate of drug-likeness (QED) is 0.616. The number of carbonyl (C=O) groups excluding carboxylic acids is 4. The number of thiophene rings is 1. The fourth-order valence-electron chi connectivity index (χ4n) is 3.53. The zero-order valence-corrected chi connectivity index (χ0v) is 17.7. The van der Waals surface area contributed by atoms with Crippen LogP contribution in [0.5, 0.6) is 0 Å². The number of likely N-dealkylation sites (tertiary alicyclic amines) is 1.